The first-order chi connectivity index (χ1) is 7.09. The lowest BCUT2D eigenvalue weighted by atomic mass is 10.2. The van der Waals surface area contributed by atoms with Crippen molar-refractivity contribution >= 4 is 11.8 Å². The van der Waals surface area contributed by atoms with Crippen LogP contribution in [0.3, 0.4) is 0 Å². The molecule has 1 aliphatic rings. The Bertz CT molecular complexity index is 233. The van der Waals surface area contributed by atoms with Crippen LogP contribution in [0.15, 0.2) is 0 Å². The second-order valence-corrected chi connectivity index (χ2v) is 3.67. The Labute approximate surface area is 88.4 Å². The van der Waals surface area contributed by atoms with Crippen molar-refractivity contribution in [1.82, 2.24) is 16.0 Å². The Hall–Kier alpha value is -1.14. The van der Waals surface area contributed by atoms with Gasteiger partial charge in [0, 0.05) is 13.1 Å². The molecule has 0 radical (unpaired) electrons. The van der Waals surface area contributed by atoms with E-state index in [1.54, 1.807) is 6.92 Å². The number of hydrogen-bond acceptors (Lipinski definition) is 4. The highest BCUT2D eigenvalue weighted by Crippen LogP contribution is 1.90. The summed E-state index contributed by atoms with van der Waals surface area (Å²) in [5, 5.41) is 17.1. The monoisotopic (exact) mass is 215 g/mol. The quantitative estimate of drug-likeness (QED) is 0.435. The van der Waals surface area contributed by atoms with E-state index in [9.17, 15) is 9.59 Å². The molecule has 0 bridgehead atoms. The van der Waals surface area contributed by atoms with Crippen LogP contribution in [-0.4, -0.2) is 48.7 Å². The van der Waals surface area contributed by atoms with Crippen LogP contribution < -0.4 is 16.0 Å². The van der Waals surface area contributed by atoms with Crippen LogP contribution in [0.1, 0.15) is 13.3 Å². The van der Waals surface area contributed by atoms with Gasteiger partial charge < -0.3 is 15.7 Å². The summed E-state index contributed by atoms with van der Waals surface area (Å²) in [6, 6.07) is -0.364. The molecule has 1 fully saturated rings. The van der Waals surface area contributed by atoms with Gasteiger partial charge in [-0.1, -0.05) is 0 Å². The highest BCUT2D eigenvalue weighted by Gasteiger charge is 2.23. The van der Waals surface area contributed by atoms with E-state index in [-0.39, 0.29) is 24.4 Å². The maximum Gasteiger partial charge on any atom is 0.238 e. The molecular formula is C9H17N3O3. The van der Waals surface area contributed by atoms with Crippen molar-refractivity contribution in [3.63, 3.8) is 0 Å². The zero-order valence-electron chi connectivity index (χ0n) is 8.75. The van der Waals surface area contributed by atoms with Crippen LogP contribution in [0.2, 0.25) is 0 Å². The van der Waals surface area contributed by atoms with Crippen molar-refractivity contribution in [3.05, 3.63) is 0 Å². The molecule has 15 heavy (non-hydrogen) atoms. The average molecular weight is 215 g/mol. The first-order valence-corrected chi connectivity index (χ1v) is 5.05. The molecule has 0 aromatic rings. The molecule has 0 spiro atoms. The van der Waals surface area contributed by atoms with Crippen LogP contribution in [0.5, 0.6) is 0 Å². The lowest BCUT2D eigenvalue weighted by Gasteiger charge is -2.23. The number of hydrogen-bond donors (Lipinski definition) is 4. The molecular weight excluding hydrogens is 198 g/mol. The zero-order valence-corrected chi connectivity index (χ0v) is 8.75. The minimum absolute atomic E-state index is 0.0944. The second kappa shape index (κ2) is 5.67. The molecule has 1 rings (SSSR count). The number of carbonyl (C=O) groups is 2. The lowest BCUT2D eigenvalue weighted by Crippen LogP contribution is -2.58. The molecule has 6 heteroatoms. The van der Waals surface area contributed by atoms with Crippen LogP contribution in [-0.2, 0) is 9.59 Å². The van der Waals surface area contributed by atoms with E-state index in [1.165, 1.54) is 0 Å². The second-order valence-electron chi connectivity index (χ2n) is 3.67. The maximum atomic E-state index is 11.5. The Morgan fingerprint density at radius 2 is 2.47 bits per heavy atom. The topological polar surface area (TPSA) is 90.5 Å². The van der Waals surface area contributed by atoms with E-state index in [1.807, 2.05) is 0 Å². The normalized spacial score (nSPS) is 23.1. The first kappa shape index (κ1) is 11.9. The molecule has 2 unspecified atom stereocenters. The third-order valence-electron chi connectivity index (χ3n) is 2.19. The number of rotatable bonds is 4. The van der Waals surface area contributed by atoms with Crippen LogP contribution in [0, 0.1) is 0 Å². The van der Waals surface area contributed by atoms with Crippen molar-refractivity contribution in [2.75, 3.05) is 19.6 Å². The summed E-state index contributed by atoms with van der Waals surface area (Å²) in [4.78, 5) is 22.3. The van der Waals surface area contributed by atoms with Gasteiger partial charge in [0.15, 0.2) is 0 Å². The summed E-state index contributed by atoms with van der Waals surface area (Å²) in [6.07, 6.45) is 0.120. The third kappa shape index (κ3) is 4.26. The van der Waals surface area contributed by atoms with Gasteiger partial charge in [0.1, 0.15) is 6.04 Å². The Morgan fingerprint density at radius 3 is 3.00 bits per heavy atom. The number of piperazine rings is 1. The standard InChI is InChI=1S/C9H17N3O3/c1-6(13)2-3-10-9(15)7-4-12-8(14)5-11-7/h6-7,11,13H,2-5H2,1H3,(H,10,15)(H,12,14). The number of nitrogens with one attached hydrogen (secondary N) is 3. The van der Waals surface area contributed by atoms with Gasteiger partial charge in [-0.2, -0.15) is 0 Å². The van der Waals surface area contributed by atoms with Crippen LogP contribution >= 0.6 is 0 Å². The molecule has 2 amide bonds. The van der Waals surface area contributed by atoms with Gasteiger partial charge in [-0.15, -0.1) is 0 Å². The van der Waals surface area contributed by atoms with E-state index < -0.39 is 6.10 Å². The smallest absolute Gasteiger partial charge is 0.238 e. The van der Waals surface area contributed by atoms with Crippen molar-refractivity contribution in [2.45, 2.75) is 25.5 Å². The Balaban J connectivity index is 2.19. The molecule has 2 atom stereocenters. The molecule has 1 saturated heterocycles. The van der Waals surface area contributed by atoms with Crippen molar-refractivity contribution in [3.8, 4) is 0 Å². The van der Waals surface area contributed by atoms with Gasteiger partial charge in [0.05, 0.1) is 12.6 Å². The minimum Gasteiger partial charge on any atom is -0.393 e. The van der Waals surface area contributed by atoms with E-state index in [0.29, 0.717) is 19.5 Å². The number of amides is 2. The molecule has 1 heterocycles. The van der Waals surface area contributed by atoms with E-state index >= 15 is 0 Å². The van der Waals surface area contributed by atoms with Gasteiger partial charge >= 0.3 is 0 Å². The molecule has 0 aromatic carbocycles. The van der Waals surface area contributed by atoms with Gasteiger partial charge in [0.2, 0.25) is 11.8 Å². The van der Waals surface area contributed by atoms with Crippen molar-refractivity contribution in [2.24, 2.45) is 0 Å². The predicted octanol–water partition coefficient (Wildman–Crippen LogP) is -2.04. The summed E-state index contributed by atoms with van der Waals surface area (Å²) in [7, 11) is 0. The first-order valence-electron chi connectivity index (χ1n) is 5.05. The van der Waals surface area contributed by atoms with Crippen molar-refractivity contribution in [1.29, 1.82) is 0 Å². The molecule has 1 aliphatic heterocycles. The number of aliphatic hydroxyl groups is 1. The molecule has 0 aromatic heterocycles. The number of aliphatic hydroxyl groups excluding tert-OH is 1. The molecule has 0 aliphatic carbocycles. The molecule has 6 nitrogen and oxygen atoms in total. The summed E-state index contributed by atoms with van der Waals surface area (Å²) < 4.78 is 0. The van der Waals surface area contributed by atoms with E-state index in [2.05, 4.69) is 16.0 Å². The van der Waals surface area contributed by atoms with Gasteiger partial charge in [-0.05, 0) is 13.3 Å². The highest BCUT2D eigenvalue weighted by molar-refractivity contribution is 5.86. The lowest BCUT2D eigenvalue weighted by molar-refractivity contribution is -0.126. The fourth-order valence-corrected chi connectivity index (χ4v) is 1.28. The Morgan fingerprint density at radius 1 is 1.73 bits per heavy atom. The fourth-order valence-electron chi connectivity index (χ4n) is 1.28. The summed E-state index contributed by atoms with van der Waals surface area (Å²) >= 11 is 0. The van der Waals surface area contributed by atoms with Gasteiger partial charge in [-0.3, -0.25) is 14.9 Å². The third-order valence-corrected chi connectivity index (χ3v) is 2.19. The largest absolute Gasteiger partial charge is 0.393 e. The number of carbonyl (C=O) groups excluding carboxylic acids is 2. The van der Waals surface area contributed by atoms with Crippen LogP contribution in [0.25, 0.3) is 0 Å². The SMILES string of the molecule is CC(O)CCNC(=O)C1CNC(=O)CN1. The molecule has 4 N–H and O–H groups in total. The Kier molecular flexibility index (Phi) is 4.51. The average Bonchev–Trinajstić information content (AvgIpc) is 2.18. The molecule has 0 saturated carbocycles. The highest BCUT2D eigenvalue weighted by atomic mass is 16.3. The summed E-state index contributed by atoms with van der Waals surface area (Å²) in [5.41, 5.74) is 0. The summed E-state index contributed by atoms with van der Waals surface area (Å²) in [6.45, 7) is 2.61. The molecule has 86 valence electrons. The van der Waals surface area contributed by atoms with E-state index in [4.69, 9.17) is 5.11 Å². The maximum absolute atomic E-state index is 11.5. The zero-order chi connectivity index (χ0) is 11.3. The van der Waals surface area contributed by atoms with E-state index in [0.717, 1.165) is 0 Å². The summed E-state index contributed by atoms with van der Waals surface area (Å²) in [5.74, 6) is -0.237. The van der Waals surface area contributed by atoms with Gasteiger partial charge in [0.25, 0.3) is 0 Å². The minimum atomic E-state index is -0.413. The fraction of sp³-hybridized carbons (Fsp3) is 0.778. The van der Waals surface area contributed by atoms with Crippen molar-refractivity contribution < 1.29 is 14.7 Å². The van der Waals surface area contributed by atoms with Gasteiger partial charge in [-0.25, -0.2) is 0 Å². The predicted molar refractivity (Wildman–Crippen MR) is 54.1 cm³/mol. The van der Waals surface area contributed by atoms with Crippen LogP contribution in [0.4, 0.5) is 0 Å².